The molecule has 0 spiro atoms. The van der Waals surface area contributed by atoms with E-state index in [2.05, 4.69) is 15.3 Å². The van der Waals surface area contributed by atoms with Crippen molar-refractivity contribution in [3.63, 3.8) is 0 Å². The van der Waals surface area contributed by atoms with Crippen LogP contribution < -0.4 is 5.73 Å². The van der Waals surface area contributed by atoms with Gasteiger partial charge in [-0.1, -0.05) is 11.3 Å². The van der Waals surface area contributed by atoms with Crippen LogP contribution >= 0.6 is 0 Å². The highest BCUT2D eigenvalue weighted by molar-refractivity contribution is 5.18. The highest BCUT2D eigenvalue weighted by atomic mass is 15.4. The zero-order valence-corrected chi connectivity index (χ0v) is 7.83. The fourth-order valence-corrected chi connectivity index (χ4v) is 1.22. The summed E-state index contributed by atoms with van der Waals surface area (Å²) in [5, 5.41) is 7.76. The minimum Gasteiger partial charge on any atom is -0.318 e. The molecule has 2 aromatic rings. The van der Waals surface area contributed by atoms with Crippen molar-refractivity contribution < 1.29 is 0 Å². The molecule has 14 heavy (non-hydrogen) atoms. The molecule has 0 aliphatic rings. The predicted octanol–water partition coefficient (Wildman–Crippen LogP) is 0.258. The zero-order chi connectivity index (χ0) is 9.97. The second kappa shape index (κ2) is 3.55. The van der Waals surface area contributed by atoms with E-state index in [9.17, 15) is 0 Å². The summed E-state index contributed by atoms with van der Waals surface area (Å²) in [7, 11) is 1.81. The van der Waals surface area contributed by atoms with Crippen LogP contribution in [0.2, 0.25) is 0 Å². The molecule has 2 rings (SSSR count). The summed E-state index contributed by atoms with van der Waals surface area (Å²) in [6, 6.07) is 5.33. The van der Waals surface area contributed by atoms with Gasteiger partial charge in [-0.15, -0.1) is 5.10 Å². The van der Waals surface area contributed by atoms with Crippen LogP contribution in [0.5, 0.6) is 0 Å². The first-order valence-corrected chi connectivity index (χ1v) is 4.30. The second-order valence-electron chi connectivity index (χ2n) is 3.05. The van der Waals surface area contributed by atoms with E-state index in [-0.39, 0.29) is 6.04 Å². The number of aromatic nitrogens is 4. The molecule has 0 fully saturated rings. The van der Waals surface area contributed by atoms with E-state index in [0.717, 1.165) is 11.4 Å². The Labute approximate surface area is 81.6 Å². The largest absolute Gasteiger partial charge is 0.318 e. The summed E-state index contributed by atoms with van der Waals surface area (Å²) in [5.74, 6) is 0. The molecule has 0 aliphatic heterocycles. The Morgan fingerprint density at radius 2 is 2.21 bits per heavy atom. The van der Waals surface area contributed by atoms with E-state index in [4.69, 9.17) is 5.73 Å². The van der Waals surface area contributed by atoms with Crippen molar-refractivity contribution in [2.24, 2.45) is 12.8 Å². The molecule has 5 heteroatoms. The molecule has 0 aromatic carbocycles. The van der Waals surface area contributed by atoms with Gasteiger partial charge in [-0.2, -0.15) is 0 Å². The summed E-state index contributed by atoms with van der Waals surface area (Å²) < 4.78 is 1.62. The number of aryl methyl sites for hydroxylation is 1. The van der Waals surface area contributed by atoms with E-state index in [0.29, 0.717) is 0 Å². The Kier molecular flexibility index (Phi) is 2.24. The topological polar surface area (TPSA) is 69.6 Å². The first kappa shape index (κ1) is 8.83. The van der Waals surface area contributed by atoms with Crippen LogP contribution in [0.25, 0.3) is 0 Å². The van der Waals surface area contributed by atoms with Crippen molar-refractivity contribution in [1.82, 2.24) is 20.0 Å². The van der Waals surface area contributed by atoms with E-state index in [1.165, 1.54) is 0 Å². The molecule has 0 saturated carbocycles. The minimum atomic E-state index is -0.301. The summed E-state index contributed by atoms with van der Waals surface area (Å²) in [6.45, 7) is 0. The van der Waals surface area contributed by atoms with E-state index in [1.807, 2.05) is 25.2 Å². The SMILES string of the molecule is Cn1cc(C(N)c2ccccn2)nn1. The maximum absolute atomic E-state index is 5.95. The standard InChI is InChI=1S/C9H11N5/c1-14-6-8(12-13-14)9(10)7-4-2-3-5-11-7/h2-6,9H,10H2,1H3. The zero-order valence-electron chi connectivity index (χ0n) is 7.83. The number of pyridine rings is 1. The molecule has 0 radical (unpaired) electrons. The molecule has 2 N–H and O–H groups in total. The molecular weight excluding hydrogens is 178 g/mol. The van der Waals surface area contributed by atoms with Gasteiger partial charge >= 0.3 is 0 Å². The molecule has 0 amide bonds. The molecule has 5 nitrogen and oxygen atoms in total. The summed E-state index contributed by atoms with van der Waals surface area (Å²) in [5.41, 5.74) is 7.48. The monoisotopic (exact) mass is 189 g/mol. The van der Waals surface area contributed by atoms with Crippen LogP contribution in [-0.2, 0) is 7.05 Å². The van der Waals surface area contributed by atoms with Crippen LogP contribution in [0.1, 0.15) is 17.4 Å². The van der Waals surface area contributed by atoms with Gasteiger partial charge in [0.15, 0.2) is 0 Å². The Hall–Kier alpha value is -1.75. The normalized spacial score (nSPS) is 12.7. The van der Waals surface area contributed by atoms with Crippen molar-refractivity contribution in [2.45, 2.75) is 6.04 Å². The lowest BCUT2D eigenvalue weighted by Crippen LogP contribution is -2.13. The number of nitrogens with zero attached hydrogens (tertiary/aromatic N) is 4. The average Bonchev–Trinajstić information content (AvgIpc) is 2.65. The van der Waals surface area contributed by atoms with Crippen LogP contribution in [0.4, 0.5) is 0 Å². The number of hydrogen-bond donors (Lipinski definition) is 1. The minimum absolute atomic E-state index is 0.301. The maximum Gasteiger partial charge on any atom is 0.105 e. The van der Waals surface area contributed by atoms with Crippen LogP contribution in [0.15, 0.2) is 30.6 Å². The van der Waals surface area contributed by atoms with Gasteiger partial charge in [-0.05, 0) is 12.1 Å². The van der Waals surface area contributed by atoms with Crippen LogP contribution in [0, 0.1) is 0 Å². The fraction of sp³-hybridized carbons (Fsp3) is 0.222. The molecule has 0 bridgehead atoms. The van der Waals surface area contributed by atoms with Crippen molar-refractivity contribution in [3.05, 3.63) is 42.0 Å². The molecule has 72 valence electrons. The maximum atomic E-state index is 5.95. The van der Waals surface area contributed by atoms with Crippen molar-refractivity contribution >= 4 is 0 Å². The Bertz CT molecular complexity index is 408. The van der Waals surface area contributed by atoms with Crippen molar-refractivity contribution in [2.75, 3.05) is 0 Å². The first-order valence-electron chi connectivity index (χ1n) is 4.30. The Morgan fingerprint density at radius 1 is 1.36 bits per heavy atom. The quantitative estimate of drug-likeness (QED) is 0.735. The summed E-state index contributed by atoms with van der Waals surface area (Å²) in [4.78, 5) is 4.16. The third kappa shape index (κ3) is 1.62. The van der Waals surface area contributed by atoms with Gasteiger partial charge in [0.05, 0.1) is 17.9 Å². The molecule has 0 aliphatic carbocycles. The van der Waals surface area contributed by atoms with Gasteiger partial charge in [-0.25, -0.2) is 0 Å². The second-order valence-corrected chi connectivity index (χ2v) is 3.05. The van der Waals surface area contributed by atoms with E-state index < -0.39 is 0 Å². The number of nitrogens with two attached hydrogens (primary N) is 1. The molecular formula is C9H11N5. The first-order chi connectivity index (χ1) is 6.77. The number of hydrogen-bond acceptors (Lipinski definition) is 4. The molecule has 0 saturated heterocycles. The van der Waals surface area contributed by atoms with Crippen molar-refractivity contribution in [3.8, 4) is 0 Å². The van der Waals surface area contributed by atoms with E-state index in [1.54, 1.807) is 17.1 Å². The van der Waals surface area contributed by atoms with Gasteiger partial charge in [0.2, 0.25) is 0 Å². The summed E-state index contributed by atoms with van der Waals surface area (Å²) >= 11 is 0. The van der Waals surface area contributed by atoms with Gasteiger partial charge in [0, 0.05) is 13.2 Å². The third-order valence-electron chi connectivity index (χ3n) is 1.95. The van der Waals surface area contributed by atoms with Gasteiger partial charge in [0.25, 0.3) is 0 Å². The molecule has 2 heterocycles. The third-order valence-corrected chi connectivity index (χ3v) is 1.95. The number of rotatable bonds is 2. The highest BCUT2D eigenvalue weighted by Gasteiger charge is 2.12. The smallest absolute Gasteiger partial charge is 0.105 e. The van der Waals surface area contributed by atoms with Gasteiger partial charge in [0.1, 0.15) is 5.69 Å². The lowest BCUT2D eigenvalue weighted by atomic mass is 10.1. The predicted molar refractivity (Wildman–Crippen MR) is 51.3 cm³/mol. The van der Waals surface area contributed by atoms with Gasteiger partial charge in [-0.3, -0.25) is 9.67 Å². The van der Waals surface area contributed by atoms with Crippen LogP contribution in [0.3, 0.4) is 0 Å². The Morgan fingerprint density at radius 3 is 2.79 bits per heavy atom. The fourth-order valence-electron chi connectivity index (χ4n) is 1.22. The van der Waals surface area contributed by atoms with Crippen LogP contribution in [-0.4, -0.2) is 20.0 Å². The molecule has 2 aromatic heterocycles. The average molecular weight is 189 g/mol. The Balaban J connectivity index is 2.29. The van der Waals surface area contributed by atoms with Crippen molar-refractivity contribution in [1.29, 1.82) is 0 Å². The lowest BCUT2D eigenvalue weighted by molar-refractivity contribution is 0.709. The molecule has 1 unspecified atom stereocenters. The summed E-state index contributed by atoms with van der Waals surface area (Å²) in [6.07, 6.45) is 3.50. The molecule has 1 atom stereocenters. The highest BCUT2D eigenvalue weighted by Crippen LogP contribution is 2.13. The van der Waals surface area contributed by atoms with Gasteiger partial charge < -0.3 is 5.73 Å². The lowest BCUT2D eigenvalue weighted by Gasteiger charge is -2.05. The van der Waals surface area contributed by atoms with E-state index >= 15 is 0 Å².